The number of nitrogens with one attached hydrogen (secondary N) is 1. The van der Waals surface area contributed by atoms with Crippen LogP contribution in [0.25, 0.3) is 0 Å². The van der Waals surface area contributed by atoms with Crippen LogP contribution in [0.15, 0.2) is 6.33 Å². The van der Waals surface area contributed by atoms with Crippen LogP contribution in [0.3, 0.4) is 0 Å². The zero-order valence-electron chi connectivity index (χ0n) is 7.36. The van der Waals surface area contributed by atoms with E-state index in [0.29, 0.717) is 6.54 Å². The zero-order valence-corrected chi connectivity index (χ0v) is 7.36. The van der Waals surface area contributed by atoms with Gasteiger partial charge < -0.3 is 15.0 Å². The highest BCUT2D eigenvalue weighted by molar-refractivity contribution is 4.83. The molecule has 0 fully saturated rings. The van der Waals surface area contributed by atoms with Gasteiger partial charge in [0.15, 0.2) is 0 Å². The first-order chi connectivity index (χ1) is 5.74. The number of rotatable bonds is 4. The molecule has 0 bridgehead atoms. The highest BCUT2D eigenvalue weighted by atomic mass is 16.3. The lowest BCUT2D eigenvalue weighted by atomic mass is 10.3. The normalized spacial score (nSPS) is 13.2. The van der Waals surface area contributed by atoms with Crippen molar-refractivity contribution in [3.8, 4) is 0 Å². The molecule has 5 nitrogen and oxygen atoms in total. The Morgan fingerprint density at radius 3 is 3.00 bits per heavy atom. The molecule has 0 spiro atoms. The van der Waals surface area contributed by atoms with E-state index in [0.717, 1.165) is 5.82 Å². The van der Waals surface area contributed by atoms with Crippen molar-refractivity contribution in [3.05, 3.63) is 12.2 Å². The molecule has 1 aromatic rings. The Hall–Kier alpha value is -0.940. The second-order valence-electron chi connectivity index (χ2n) is 2.82. The fourth-order valence-corrected chi connectivity index (χ4v) is 0.797. The van der Waals surface area contributed by atoms with Gasteiger partial charge in [-0.15, -0.1) is 10.2 Å². The van der Waals surface area contributed by atoms with Gasteiger partial charge in [-0.3, -0.25) is 0 Å². The molecule has 1 heterocycles. The first-order valence-electron chi connectivity index (χ1n) is 3.91. The lowest BCUT2D eigenvalue weighted by molar-refractivity contribution is 0.250. The summed E-state index contributed by atoms with van der Waals surface area (Å²) in [6, 6.07) is 0.0988. The van der Waals surface area contributed by atoms with E-state index in [9.17, 15) is 0 Å². The predicted molar refractivity (Wildman–Crippen MR) is 44.4 cm³/mol. The molecular weight excluding hydrogens is 156 g/mol. The minimum atomic E-state index is 0.0988. The van der Waals surface area contributed by atoms with E-state index in [2.05, 4.69) is 15.5 Å². The van der Waals surface area contributed by atoms with Crippen LogP contribution in [0.2, 0.25) is 0 Å². The van der Waals surface area contributed by atoms with Gasteiger partial charge in [-0.1, -0.05) is 0 Å². The smallest absolute Gasteiger partial charge is 0.146 e. The maximum absolute atomic E-state index is 8.73. The Bertz CT molecular complexity index is 235. The van der Waals surface area contributed by atoms with Gasteiger partial charge in [0, 0.05) is 13.1 Å². The molecule has 0 aliphatic rings. The fraction of sp³-hybridized carbons (Fsp3) is 0.714. The number of hydrogen-bond acceptors (Lipinski definition) is 4. The van der Waals surface area contributed by atoms with Crippen molar-refractivity contribution in [2.45, 2.75) is 19.5 Å². The maximum atomic E-state index is 8.73. The minimum absolute atomic E-state index is 0.0988. The van der Waals surface area contributed by atoms with E-state index in [1.54, 1.807) is 6.33 Å². The van der Waals surface area contributed by atoms with Gasteiger partial charge in [0.25, 0.3) is 0 Å². The van der Waals surface area contributed by atoms with Crippen molar-refractivity contribution < 1.29 is 5.11 Å². The van der Waals surface area contributed by atoms with Gasteiger partial charge in [-0.25, -0.2) is 0 Å². The van der Waals surface area contributed by atoms with Crippen molar-refractivity contribution in [1.29, 1.82) is 0 Å². The lowest BCUT2D eigenvalue weighted by Gasteiger charge is -2.09. The maximum Gasteiger partial charge on any atom is 0.146 e. The van der Waals surface area contributed by atoms with Crippen molar-refractivity contribution in [3.63, 3.8) is 0 Å². The van der Waals surface area contributed by atoms with E-state index >= 15 is 0 Å². The van der Waals surface area contributed by atoms with Crippen LogP contribution in [-0.4, -0.2) is 32.5 Å². The lowest BCUT2D eigenvalue weighted by Crippen LogP contribution is -2.29. The molecule has 0 radical (unpaired) electrons. The number of aryl methyl sites for hydroxylation is 1. The molecule has 1 rings (SSSR count). The quantitative estimate of drug-likeness (QED) is 0.626. The molecule has 0 saturated carbocycles. The summed E-state index contributed by atoms with van der Waals surface area (Å²) in [5.41, 5.74) is 0. The summed E-state index contributed by atoms with van der Waals surface area (Å²) in [4.78, 5) is 0. The van der Waals surface area contributed by atoms with Crippen LogP contribution in [0.5, 0.6) is 0 Å². The Balaban J connectivity index is 2.38. The number of aromatic nitrogens is 3. The monoisotopic (exact) mass is 170 g/mol. The van der Waals surface area contributed by atoms with Gasteiger partial charge in [0.1, 0.15) is 12.2 Å². The first kappa shape index (κ1) is 9.15. The second kappa shape index (κ2) is 4.18. The van der Waals surface area contributed by atoms with Crippen LogP contribution in [0, 0.1) is 0 Å². The van der Waals surface area contributed by atoms with Crippen molar-refractivity contribution in [2.75, 3.05) is 6.61 Å². The summed E-state index contributed by atoms with van der Waals surface area (Å²) in [6.07, 6.45) is 1.65. The van der Waals surface area contributed by atoms with Crippen LogP contribution in [0.4, 0.5) is 0 Å². The SMILES string of the molecule is CC(CO)NCc1nncn1C. The molecule has 0 amide bonds. The topological polar surface area (TPSA) is 63.0 Å². The van der Waals surface area contributed by atoms with E-state index in [1.165, 1.54) is 0 Å². The minimum Gasteiger partial charge on any atom is -0.395 e. The van der Waals surface area contributed by atoms with Crippen molar-refractivity contribution >= 4 is 0 Å². The predicted octanol–water partition coefficient (Wildman–Crippen LogP) is -0.715. The molecule has 12 heavy (non-hydrogen) atoms. The molecule has 1 aromatic heterocycles. The second-order valence-corrected chi connectivity index (χ2v) is 2.82. The highest BCUT2D eigenvalue weighted by Gasteiger charge is 2.02. The van der Waals surface area contributed by atoms with Crippen LogP contribution >= 0.6 is 0 Å². The molecule has 0 saturated heterocycles. The third-order valence-corrected chi connectivity index (χ3v) is 1.69. The third-order valence-electron chi connectivity index (χ3n) is 1.69. The number of aliphatic hydroxyl groups is 1. The number of nitrogens with zero attached hydrogens (tertiary/aromatic N) is 3. The zero-order chi connectivity index (χ0) is 8.97. The van der Waals surface area contributed by atoms with Crippen molar-refractivity contribution in [1.82, 2.24) is 20.1 Å². The molecule has 1 atom stereocenters. The van der Waals surface area contributed by atoms with E-state index in [-0.39, 0.29) is 12.6 Å². The summed E-state index contributed by atoms with van der Waals surface area (Å²) < 4.78 is 1.84. The third kappa shape index (κ3) is 2.28. The Morgan fingerprint density at radius 2 is 2.50 bits per heavy atom. The van der Waals surface area contributed by atoms with Crippen molar-refractivity contribution in [2.24, 2.45) is 7.05 Å². The standard InChI is InChI=1S/C7H14N4O/c1-6(4-12)8-3-7-10-9-5-11(7)2/h5-6,8,12H,3-4H2,1-2H3. The van der Waals surface area contributed by atoms with Gasteiger partial charge in [0.05, 0.1) is 13.2 Å². The largest absolute Gasteiger partial charge is 0.395 e. The molecule has 5 heteroatoms. The molecule has 0 aliphatic carbocycles. The average Bonchev–Trinajstić information content (AvgIpc) is 2.47. The first-order valence-corrected chi connectivity index (χ1v) is 3.91. The molecule has 0 aliphatic heterocycles. The summed E-state index contributed by atoms with van der Waals surface area (Å²) in [5, 5.41) is 19.5. The summed E-state index contributed by atoms with van der Waals surface area (Å²) >= 11 is 0. The van der Waals surface area contributed by atoms with Gasteiger partial charge in [0.2, 0.25) is 0 Å². The van der Waals surface area contributed by atoms with E-state index in [1.807, 2.05) is 18.5 Å². The Labute approximate surface area is 71.4 Å². The molecular formula is C7H14N4O. The summed E-state index contributed by atoms with van der Waals surface area (Å²) in [5.74, 6) is 0.871. The summed E-state index contributed by atoms with van der Waals surface area (Å²) in [7, 11) is 1.89. The average molecular weight is 170 g/mol. The molecule has 1 unspecified atom stereocenters. The Morgan fingerprint density at radius 1 is 1.75 bits per heavy atom. The number of aliphatic hydroxyl groups excluding tert-OH is 1. The van der Waals surface area contributed by atoms with E-state index < -0.39 is 0 Å². The fourth-order valence-electron chi connectivity index (χ4n) is 0.797. The van der Waals surface area contributed by atoms with Crippen LogP contribution < -0.4 is 5.32 Å². The highest BCUT2D eigenvalue weighted by Crippen LogP contribution is 1.91. The molecule has 2 N–H and O–H groups in total. The van der Waals surface area contributed by atoms with Gasteiger partial charge >= 0.3 is 0 Å². The Kier molecular flexibility index (Phi) is 3.19. The van der Waals surface area contributed by atoms with E-state index in [4.69, 9.17) is 5.11 Å². The number of hydrogen-bond donors (Lipinski definition) is 2. The molecule has 0 aromatic carbocycles. The van der Waals surface area contributed by atoms with Gasteiger partial charge in [-0.05, 0) is 6.92 Å². The van der Waals surface area contributed by atoms with Crippen LogP contribution in [0.1, 0.15) is 12.7 Å². The molecule has 68 valence electrons. The van der Waals surface area contributed by atoms with Crippen LogP contribution in [-0.2, 0) is 13.6 Å². The summed E-state index contributed by atoms with van der Waals surface area (Å²) in [6.45, 7) is 2.69. The van der Waals surface area contributed by atoms with Gasteiger partial charge in [-0.2, -0.15) is 0 Å².